The Balaban J connectivity index is 2.21. The Hall–Kier alpha value is -1.02. The summed E-state index contributed by atoms with van der Waals surface area (Å²) in [6.07, 6.45) is 3.96. The number of rotatable bonds is 4. The summed E-state index contributed by atoms with van der Waals surface area (Å²) in [5.41, 5.74) is 7.49. The molecule has 1 aliphatic carbocycles. The maximum Gasteiger partial charge on any atom is 0.119 e. The van der Waals surface area contributed by atoms with E-state index in [1.807, 2.05) is 6.07 Å². The number of hydrogen-bond donors (Lipinski definition) is 1. The van der Waals surface area contributed by atoms with Gasteiger partial charge in [0, 0.05) is 12.0 Å². The van der Waals surface area contributed by atoms with Crippen LogP contribution >= 0.6 is 0 Å². The quantitative estimate of drug-likeness (QED) is 0.845. The molecule has 0 spiro atoms. The summed E-state index contributed by atoms with van der Waals surface area (Å²) < 4.78 is 5.72. The molecule has 0 radical (unpaired) electrons. The molecule has 16 heavy (non-hydrogen) atoms. The molecule has 0 saturated heterocycles. The van der Waals surface area contributed by atoms with Crippen LogP contribution in [0, 0.1) is 0 Å². The van der Waals surface area contributed by atoms with Crippen molar-refractivity contribution in [2.75, 3.05) is 6.54 Å². The normalized spacial score (nSPS) is 18.2. The van der Waals surface area contributed by atoms with Crippen LogP contribution in [0.15, 0.2) is 24.3 Å². The number of nitrogens with two attached hydrogens (primary N) is 1. The Morgan fingerprint density at radius 1 is 1.38 bits per heavy atom. The molecule has 0 heterocycles. The van der Waals surface area contributed by atoms with Gasteiger partial charge in [-0.15, -0.1) is 0 Å². The molecule has 1 fully saturated rings. The van der Waals surface area contributed by atoms with Gasteiger partial charge in [-0.25, -0.2) is 0 Å². The Bertz CT molecular complexity index is 350. The first kappa shape index (κ1) is 11.5. The molecule has 2 rings (SSSR count). The summed E-state index contributed by atoms with van der Waals surface area (Å²) in [7, 11) is 0. The topological polar surface area (TPSA) is 35.2 Å². The predicted octanol–water partition coefficient (Wildman–Crippen LogP) is 2.85. The van der Waals surface area contributed by atoms with E-state index in [-0.39, 0.29) is 11.5 Å². The lowest BCUT2D eigenvalue weighted by atomic mass is 9.64. The number of hydrogen-bond acceptors (Lipinski definition) is 2. The molecular formula is C14H21NO. The molecule has 0 aromatic heterocycles. The summed E-state index contributed by atoms with van der Waals surface area (Å²) in [5, 5.41) is 0. The minimum absolute atomic E-state index is 0.227. The van der Waals surface area contributed by atoms with E-state index in [0.29, 0.717) is 0 Å². The van der Waals surface area contributed by atoms with Crippen LogP contribution in [0.4, 0.5) is 0 Å². The van der Waals surface area contributed by atoms with Crippen LogP contribution in [-0.2, 0) is 5.41 Å². The highest BCUT2D eigenvalue weighted by Gasteiger charge is 2.37. The fraction of sp³-hybridized carbons (Fsp3) is 0.571. The lowest BCUT2D eigenvalue weighted by Crippen LogP contribution is -2.41. The lowest BCUT2D eigenvalue weighted by molar-refractivity contribution is 0.235. The van der Waals surface area contributed by atoms with Gasteiger partial charge in [-0.3, -0.25) is 0 Å². The van der Waals surface area contributed by atoms with E-state index in [1.54, 1.807) is 0 Å². The van der Waals surface area contributed by atoms with Crippen molar-refractivity contribution in [2.24, 2.45) is 5.73 Å². The van der Waals surface area contributed by atoms with Crippen molar-refractivity contribution in [3.63, 3.8) is 0 Å². The monoisotopic (exact) mass is 219 g/mol. The molecule has 0 unspecified atom stereocenters. The third kappa shape index (κ3) is 2.07. The van der Waals surface area contributed by atoms with E-state index in [0.717, 1.165) is 12.3 Å². The molecule has 2 heteroatoms. The highest BCUT2D eigenvalue weighted by Crippen LogP contribution is 2.43. The van der Waals surface area contributed by atoms with E-state index >= 15 is 0 Å². The average molecular weight is 219 g/mol. The third-order valence-corrected chi connectivity index (χ3v) is 3.52. The predicted molar refractivity (Wildman–Crippen MR) is 66.8 cm³/mol. The summed E-state index contributed by atoms with van der Waals surface area (Å²) in [4.78, 5) is 0. The molecule has 0 atom stereocenters. The smallest absolute Gasteiger partial charge is 0.119 e. The zero-order valence-electron chi connectivity index (χ0n) is 10.2. The van der Waals surface area contributed by atoms with Gasteiger partial charge >= 0.3 is 0 Å². The Morgan fingerprint density at radius 2 is 2.12 bits per heavy atom. The van der Waals surface area contributed by atoms with Crippen molar-refractivity contribution in [1.82, 2.24) is 0 Å². The molecule has 88 valence electrons. The maximum atomic E-state index is 5.91. The summed E-state index contributed by atoms with van der Waals surface area (Å²) in [5.74, 6) is 0.965. The van der Waals surface area contributed by atoms with Gasteiger partial charge in [-0.1, -0.05) is 18.6 Å². The fourth-order valence-corrected chi connectivity index (χ4v) is 2.39. The molecule has 2 N–H and O–H groups in total. The van der Waals surface area contributed by atoms with E-state index in [9.17, 15) is 0 Å². The van der Waals surface area contributed by atoms with Crippen LogP contribution < -0.4 is 10.5 Å². The van der Waals surface area contributed by atoms with Crippen LogP contribution in [0.1, 0.15) is 38.7 Å². The van der Waals surface area contributed by atoms with Gasteiger partial charge in [-0.05, 0) is 44.4 Å². The van der Waals surface area contributed by atoms with Gasteiger partial charge in [0.1, 0.15) is 5.75 Å². The molecule has 1 aliphatic rings. The van der Waals surface area contributed by atoms with Crippen molar-refractivity contribution in [3.05, 3.63) is 29.8 Å². The van der Waals surface area contributed by atoms with Gasteiger partial charge in [-0.2, -0.15) is 0 Å². The van der Waals surface area contributed by atoms with Crippen molar-refractivity contribution in [3.8, 4) is 5.75 Å². The highest BCUT2D eigenvalue weighted by atomic mass is 16.5. The van der Waals surface area contributed by atoms with E-state index in [1.165, 1.54) is 24.8 Å². The molecule has 1 saturated carbocycles. The van der Waals surface area contributed by atoms with E-state index < -0.39 is 0 Å². The number of benzene rings is 1. The average Bonchev–Trinajstić information content (AvgIpc) is 2.16. The number of ether oxygens (including phenoxy) is 1. The highest BCUT2D eigenvalue weighted by molar-refractivity contribution is 5.36. The zero-order chi connectivity index (χ0) is 11.6. The van der Waals surface area contributed by atoms with Crippen LogP contribution in [-0.4, -0.2) is 12.6 Å². The second kappa shape index (κ2) is 4.46. The Kier molecular flexibility index (Phi) is 3.20. The lowest BCUT2D eigenvalue weighted by Gasteiger charge is -2.41. The SMILES string of the molecule is CC(C)Oc1cccc(C2(CN)CCC2)c1. The van der Waals surface area contributed by atoms with Gasteiger partial charge in [0.15, 0.2) is 0 Å². The van der Waals surface area contributed by atoms with Gasteiger partial charge < -0.3 is 10.5 Å². The molecule has 0 aliphatic heterocycles. The van der Waals surface area contributed by atoms with Gasteiger partial charge in [0.25, 0.3) is 0 Å². The summed E-state index contributed by atoms with van der Waals surface area (Å²) in [6, 6.07) is 8.43. The van der Waals surface area contributed by atoms with Crippen LogP contribution in [0.25, 0.3) is 0 Å². The van der Waals surface area contributed by atoms with E-state index in [4.69, 9.17) is 10.5 Å². The summed E-state index contributed by atoms with van der Waals surface area (Å²) >= 11 is 0. The first-order valence-corrected chi connectivity index (χ1v) is 6.13. The van der Waals surface area contributed by atoms with Crippen LogP contribution in [0.3, 0.4) is 0 Å². The second-order valence-corrected chi connectivity index (χ2v) is 5.03. The van der Waals surface area contributed by atoms with Crippen LogP contribution in [0.5, 0.6) is 5.75 Å². The molecule has 2 nitrogen and oxygen atoms in total. The molecular weight excluding hydrogens is 198 g/mol. The van der Waals surface area contributed by atoms with Crippen molar-refractivity contribution < 1.29 is 4.74 Å². The van der Waals surface area contributed by atoms with Gasteiger partial charge in [0.2, 0.25) is 0 Å². The minimum atomic E-state index is 0.227. The minimum Gasteiger partial charge on any atom is -0.491 e. The fourth-order valence-electron chi connectivity index (χ4n) is 2.39. The largest absolute Gasteiger partial charge is 0.491 e. The van der Waals surface area contributed by atoms with Crippen molar-refractivity contribution in [2.45, 2.75) is 44.6 Å². The van der Waals surface area contributed by atoms with Gasteiger partial charge in [0.05, 0.1) is 6.10 Å². The van der Waals surface area contributed by atoms with Crippen molar-refractivity contribution >= 4 is 0 Å². The van der Waals surface area contributed by atoms with E-state index in [2.05, 4.69) is 32.0 Å². The zero-order valence-corrected chi connectivity index (χ0v) is 10.2. The van der Waals surface area contributed by atoms with Crippen molar-refractivity contribution in [1.29, 1.82) is 0 Å². The molecule has 0 bridgehead atoms. The maximum absolute atomic E-state index is 5.91. The third-order valence-electron chi connectivity index (χ3n) is 3.52. The summed E-state index contributed by atoms with van der Waals surface area (Å²) in [6.45, 7) is 4.85. The standard InChI is InChI=1S/C14H21NO/c1-11(2)16-13-6-3-5-12(9-13)14(10-15)7-4-8-14/h3,5-6,9,11H,4,7-8,10,15H2,1-2H3. The first-order chi connectivity index (χ1) is 7.66. The first-order valence-electron chi connectivity index (χ1n) is 6.13. The Morgan fingerprint density at radius 3 is 2.62 bits per heavy atom. The molecule has 1 aromatic rings. The Labute approximate surface area is 97.8 Å². The molecule has 1 aromatic carbocycles. The second-order valence-electron chi connectivity index (χ2n) is 5.03. The molecule has 0 amide bonds. The van der Waals surface area contributed by atoms with Crippen LogP contribution in [0.2, 0.25) is 0 Å².